The quantitative estimate of drug-likeness (QED) is 0.883. The molecule has 1 atom stereocenters. The monoisotopic (exact) mass is 300 g/mol. The average Bonchev–Trinajstić information content (AvgIpc) is 3.12. The summed E-state index contributed by atoms with van der Waals surface area (Å²) in [5.74, 6) is 0.511. The van der Waals surface area contributed by atoms with Gasteiger partial charge >= 0.3 is 0 Å². The molecule has 116 valence electrons. The molecule has 3 aliphatic rings. The van der Waals surface area contributed by atoms with Crippen LogP contribution in [0.5, 0.6) is 0 Å². The Morgan fingerprint density at radius 1 is 1.36 bits per heavy atom. The Morgan fingerprint density at radius 2 is 2.23 bits per heavy atom. The van der Waals surface area contributed by atoms with Gasteiger partial charge in [0.25, 0.3) is 0 Å². The lowest BCUT2D eigenvalue weighted by atomic mass is 10.1. The molecule has 0 radical (unpaired) electrons. The Hall–Kier alpha value is -1.98. The Kier molecular flexibility index (Phi) is 3.32. The van der Waals surface area contributed by atoms with Crippen molar-refractivity contribution in [3.63, 3.8) is 0 Å². The molecule has 1 N–H and O–H groups in total. The number of amides is 2. The van der Waals surface area contributed by atoms with Gasteiger partial charge in [-0.05, 0) is 37.7 Å². The van der Waals surface area contributed by atoms with E-state index in [0.717, 1.165) is 37.8 Å². The number of aromatic nitrogens is 2. The molecule has 0 aromatic carbocycles. The fourth-order valence-electron chi connectivity index (χ4n) is 3.40. The fourth-order valence-corrected chi connectivity index (χ4v) is 3.40. The van der Waals surface area contributed by atoms with Crippen LogP contribution in [0.4, 0.5) is 0 Å². The third-order valence-corrected chi connectivity index (χ3v) is 4.80. The average molecular weight is 300 g/mol. The van der Waals surface area contributed by atoms with Crippen molar-refractivity contribution in [2.75, 3.05) is 6.54 Å². The first kappa shape index (κ1) is 13.7. The van der Waals surface area contributed by atoms with Crippen LogP contribution in [0.3, 0.4) is 0 Å². The van der Waals surface area contributed by atoms with Crippen molar-refractivity contribution in [3.05, 3.63) is 23.3 Å². The predicted octanol–water partition coefficient (Wildman–Crippen LogP) is 0.592. The van der Waals surface area contributed by atoms with Gasteiger partial charge in [0.05, 0.1) is 12.5 Å². The second-order valence-corrected chi connectivity index (χ2v) is 6.51. The number of carbonyl (C=O) groups excluding carboxylic acids is 2. The minimum absolute atomic E-state index is 0.0550. The third kappa shape index (κ3) is 2.58. The molecule has 0 bridgehead atoms. The van der Waals surface area contributed by atoms with Crippen LogP contribution >= 0.6 is 0 Å². The molecule has 1 aliphatic heterocycles. The summed E-state index contributed by atoms with van der Waals surface area (Å²) in [5.41, 5.74) is 2.35. The van der Waals surface area contributed by atoms with E-state index >= 15 is 0 Å². The third-order valence-electron chi connectivity index (χ3n) is 4.80. The molecule has 2 heterocycles. The van der Waals surface area contributed by atoms with Crippen molar-refractivity contribution in [3.8, 4) is 0 Å². The topological polar surface area (TPSA) is 75.2 Å². The molecule has 6 heteroatoms. The zero-order valence-electron chi connectivity index (χ0n) is 12.5. The van der Waals surface area contributed by atoms with Crippen LogP contribution in [0.2, 0.25) is 0 Å². The van der Waals surface area contributed by atoms with E-state index in [1.54, 1.807) is 0 Å². The molecule has 22 heavy (non-hydrogen) atoms. The minimum Gasteiger partial charge on any atom is -0.348 e. The highest BCUT2D eigenvalue weighted by Crippen LogP contribution is 2.32. The van der Waals surface area contributed by atoms with E-state index in [-0.39, 0.29) is 17.7 Å². The zero-order valence-corrected chi connectivity index (χ0v) is 12.5. The van der Waals surface area contributed by atoms with Crippen molar-refractivity contribution >= 4 is 11.8 Å². The second-order valence-electron chi connectivity index (χ2n) is 6.51. The Bertz CT molecular complexity index is 627. The Balaban J connectivity index is 1.34. The standard InChI is InChI=1S/C16H20N4O2/c21-15-6-11(9-20(15)12-4-5-12)16(22)18-8-14-17-7-10-2-1-3-13(10)19-14/h7,11-12H,1-6,8-9H2,(H,18,22)/t11-/m0/s1. The molecule has 1 aromatic rings. The number of likely N-dealkylation sites (tertiary alicyclic amines) is 1. The molecule has 6 nitrogen and oxygen atoms in total. The molecule has 2 fully saturated rings. The second kappa shape index (κ2) is 5.34. The summed E-state index contributed by atoms with van der Waals surface area (Å²) >= 11 is 0. The molecule has 1 saturated carbocycles. The van der Waals surface area contributed by atoms with Gasteiger partial charge in [-0.1, -0.05) is 0 Å². The number of hydrogen-bond acceptors (Lipinski definition) is 4. The van der Waals surface area contributed by atoms with Crippen molar-refractivity contribution < 1.29 is 9.59 Å². The van der Waals surface area contributed by atoms with Gasteiger partial charge in [0.1, 0.15) is 5.82 Å². The number of hydrogen-bond donors (Lipinski definition) is 1. The van der Waals surface area contributed by atoms with Crippen LogP contribution in [0, 0.1) is 5.92 Å². The highest BCUT2D eigenvalue weighted by molar-refractivity contribution is 5.89. The van der Waals surface area contributed by atoms with Crippen molar-refractivity contribution in [2.45, 2.75) is 51.1 Å². The van der Waals surface area contributed by atoms with Gasteiger partial charge < -0.3 is 10.2 Å². The maximum absolute atomic E-state index is 12.2. The van der Waals surface area contributed by atoms with Crippen molar-refractivity contribution in [1.82, 2.24) is 20.2 Å². The van der Waals surface area contributed by atoms with Crippen molar-refractivity contribution in [2.24, 2.45) is 5.92 Å². The molecule has 2 amide bonds. The lowest BCUT2D eigenvalue weighted by Crippen LogP contribution is -2.33. The summed E-state index contributed by atoms with van der Waals surface area (Å²) < 4.78 is 0. The number of nitrogens with zero attached hydrogens (tertiary/aromatic N) is 3. The summed E-state index contributed by atoms with van der Waals surface area (Å²) in [4.78, 5) is 34.8. The van der Waals surface area contributed by atoms with E-state index in [9.17, 15) is 9.59 Å². The summed E-state index contributed by atoms with van der Waals surface area (Å²) in [5, 5.41) is 2.89. The number of nitrogens with one attached hydrogen (secondary N) is 1. The summed E-state index contributed by atoms with van der Waals surface area (Å²) in [7, 11) is 0. The van der Waals surface area contributed by atoms with Crippen LogP contribution in [0.15, 0.2) is 6.20 Å². The highest BCUT2D eigenvalue weighted by Gasteiger charge is 2.41. The Labute approximate surface area is 129 Å². The maximum Gasteiger partial charge on any atom is 0.225 e. The molecular weight excluding hydrogens is 280 g/mol. The van der Waals surface area contributed by atoms with Crippen LogP contribution in [-0.4, -0.2) is 39.3 Å². The first-order valence-electron chi connectivity index (χ1n) is 8.11. The number of aryl methyl sites for hydroxylation is 2. The van der Waals surface area contributed by atoms with E-state index in [2.05, 4.69) is 15.3 Å². The van der Waals surface area contributed by atoms with Gasteiger partial charge in [-0.15, -0.1) is 0 Å². The number of fused-ring (bicyclic) bond motifs is 1. The lowest BCUT2D eigenvalue weighted by Gasteiger charge is -2.15. The maximum atomic E-state index is 12.2. The van der Waals surface area contributed by atoms with Gasteiger partial charge in [0.15, 0.2) is 0 Å². The van der Waals surface area contributed by atoms with Gasteiger partial charge in [-0.25, -0.2) is 9.97 Å². The van der Waals surface area contributed by atoms with E-state index in [0.29, 0.717) is 31.4 Å². The van der Waals surface area contributed by atoms with Gasteiger partial charge in [0, 0.05) is 30.9 Å². The fraction of sp³-hybridized carbons (Fsp3) is 0.625. The first-order valence-corrected chi connectivity index (χ1v) is 8.11. The SMILES string of the molecule is O=C(NCc1ncc2c(n1)CCC2)[C@H]1CC(=O)N(C2CC2)C1. The largest absolute Gasteiger partial charge is 0.348 e. The van der Waals surface area contributed by atoms with Crippen LogP contribution in [-0.2, 0) is 29.0 Å². The number of carbonyl (C=O) groups is 2. The molecule has 0 spiro atoms. The van der Waals surface area contributed by atoms with Gasteiger partial charge in [-0.2, -0.15) is 0 Å². The number of rotatable bonds is 4. The summed E-state index contributed by atoms with van der Waals surface area (Å²) in [6.07, 6.45) is 7.60. The van der Waals surface area contributed by atoms with E-state index in [1.807, 2.05) is 11.1 Å². The van der Waals surface area contributed by atoms with E-state index < -0.39 is 0 Å². The van der Waals surface area contributed by atoms with Gasteiger partial charge in [0.2, 0.25) is 11.8 Å². The zero-order chi connectivity index (χ0) is 15.1. The normalized spacial score (nSPS) is 23.7. The summed E-state index contributed by atoms with van der Waals surface area (Å²) in [6.45, 7) is 0.917. The smallest absolute Gasteiger partial charge is 0.225 e. The molecule has 4 rings (SSSR count). The lowest BCUT2D eigenvalue weighted by molar-refractivity contribution is -0.129. The first-order chi connectivity index (χ1) is 10.7. The highest BCUT2D eigenvalue weighted by atomic mass is 16.2. The predicted molar refractivity (Wildman–Crippen MR) is 78.7 cm³/mol. The molecular formula is C16H20N4O2. The Morgan fingerprint density at radius 3 is 3.05 bits per heavy atom. The molecule has 1 aromatic heterocycles. The van der Waals surface area contributed by atoms with Crippen molar-refractivity contribution in [1.29, 1.82) is 0 Å². The van der Waals surface area contributed by atoms with Gasteiger partial charge in [-0.3, -0.25) is 9.59 Å². The van der Waals surface area contributed by atoms with Crippen LogP contribution < -0.4 is 5.32 Å². The molecule has 1 saturated heterocycles. The van der Waals surface area contributed by atoms with E-state index in [1.165, 1.54) is 5.56 Å². The molecule has 2 aliphatic carbocycles. The van der Waals surface area contributed by atoms with Crippen LogP contribution in [0.1, 0.15) is 42.8 Å². The molecule has 0 unspecified atom stereocenters. The minimum atomic E-state index is -0.220. The van der Waals surface area contributed by atoms with Crippen LogP contribution in [0.25, 0.3) is 0 Å². The van der Waals surface area contributed by atoms with E-state index in [4.69, 9.17) is 0 Å². The summed E-state index contributed by atoms with van der Waals surface area (Å²) in [6, 6.07) is 0.394.